The van der Waals surface area contributed by atoms with E-state index in [-0.39, 0.29) is 5.69 Å². The Morgan fingerprint density at radius 1 is 1.33 bits per heavy atom. The predicted molar refractivity (Wildman–Crippen MR) is 81.7 cm³/mol. The molecule has 1 aromatic heterocycles. The maximum Gasteiger partial charge on any atom is 0.269 e. The highest BCUT2D eigenvalue weighted by Crippen LogP contribution is 2.32. The number of halogens is 1. The molecule has 0 amide bonds. The van der Waals surface area contributed by atoms with Crippen molar-refractivity contribution in [2.24, 2.45) is 0 Å². The summed E-state index contributed by atoms with van der Waals surface area (Å²) in [6.45, 7) is 2.84. The van der Waals surface area contributed by atoms with Crippen molar-refractivity contribution in [2.45, 2.75) is 13.3 Å². The van der Waals surface area contributed by atoms with Gasteiger partial charge in [0.25, 0.3) is 5.69 Å². The van der Waals surface area contributed by atoms with Crippen LogP contribution in [0.25, 0.3) is 0 Å². The van der Waals surface area contributed by atoms with E-state index in [0.29, 0.717) is 21.9 Å². The van der Waals surface area contributed by atoms with Crippen molar-refractivity contribution in [3.8, 4) is 11.6 Å². The van der Waals surface area contributed by atoms with E-state index in [4.69, 9.17) is 4.74 Å². The number of ether oxygens (including phenoxy) is 1. The molecule has 0 atom stereocenters. The summed E-state index contributed by atoms with van der Waals surface area (Å²) in [6, 6.07) is 5.79. The van der Waals surface area contributed by atoms with Crippen LogP contribution >= 0.6 is 15.9 Å². The lowest BCUT2D eigenvalue weighted by atomic mass is 10.3. The van der Waals surface area contributed by atoms with E-state index in [0.717, 1.165) is 13.0 Å². The Hall–Kier alpha value is -2.22. The van der Waals surface area contributed by atoms with Crippen LogP contribution in [0.3, 0.4) is 0 Å². The molecule has 2 rings (SSSR count). The lowest BCUT2D eigenvalue weighted by Gasteiger charge is -2.10. The average Bonchev–Trinajstić information content (AvgIpc) is 2.49. The topological polar surface area (TPSA) is 90.2 Å². The van der Waals surface area contributed by atoms with Gasteiger partial charge >= 0.3 is 0 Å². The summed E-state index contributed by atoms with van der Waals surface area (Å²) in [5.41, 5.74) is 0.00871. The molecule has 0 aliphatic carbocycles. The third kappa shape index (κ3) is 3.88. The fourth-order valence-corrected chi connectivity index (χ4v) is 1.96. The highest BCUT2D eigenvalue weighted by molar-refractivity contribution is 9.10. The first-order valence-corrected chi connectivity index (χ1v) is 7.07. The molecule has 0 saturated carbocycles. The lowest BCUT2D eigenvalue weighted by Crippen LogP contribution is -2.04. The average molecular weight is 353 g/mol. The van der Waals surface area contributed by atoms with Gasteiger partial charge in [-0.3, -0.25) is 10.1 Å². The van der Waals surface area contributed by atoms with Gasteiger partial charge in [0, 0.05) is 18.7 Å². The van der Waals surface area contributed by atoms with Gasteiger partial charge in [-0.05, 0) is 34.5 Å². The minimum absolute atomic E-state index is 0.00871. The number of anilines is 1. The molecule has 8 heteroatoms. The number of nitro benzene ring substituents is 1. The van der Waals surface area contributed by atoms with Crippen LogP contribution in [-0.4, -0.2) is 21.4 Å². The van der Waals surface area contributed by atoms with E-state index in [1.54, 1.807) is 0 Å². The summed E-state index contributed by atoms with van der Waals surface area (Å²) in [7, 11) is 0. The molecule has 110 valence electrons. The van der Waals surface area contributed by atoms with Crippen molar-refractivity contribution in [1.29, 1.82) is 0 Å². The molecule has 0 radical (unpaired) electrons. The number of nitrogens with zero attached hydrogens (tertiary/aromatic N) is 3. The van der Waals surface area contributed by atoms with E-state index in [2.05, 4.69) is 38.1 Å². The Balaban J connectivity index is 2.17. The zero-order valence-electron chi connectivity index (χ0n) is 11.2. The molecule has 2 aromatic rings. The SMILES string of the molecule is CCCNc1ncnc(Oc2ccc([N+](=O)[O-])cc2)c1Br. The van der Waals surface area contributed by atoms with Gasteiger partial charge < -0.3 is 10.1 Å². The number of benzene rings is 1. The second-order valence-corrected chi connectivity index (χ2v) is 4.91. The summed E-state index contributed by atoms with van der Waals surface area (Å²) in [5, 5.41) is 13.7. The van der Waals surface area contributed by atoms with Crippen molar-refractivity contribution in [3.63, 3.8) is 0 Å². The number of hydrogen-bond acceptors (Lipinski definition) is 6. The van der Waals surface area contributed by atoms with Crippen molar-refractivity contribution in [1.82, 2.24) is 9.97 Å². The molecule has 0 spiro atoms. The van der Waals surface area contributed by atoms with Crippen molar-refractivity contribution >= 4 is 27.4 Å². The van der Waals surface area contributed by atoms with Crippen LogP contribution in [0.2, 0.25) is 0 Å². The molecule has 0 fully saturated rings. The molecule has 21 heavy (non-hydrogen) atoms. The van der Waals surface area contributed by atoms with Gasteiger partial charge in [0.1, 0.15) is 22.4 Å². The Morgan fingerprint density at radius 2 is 2.05 bits per heavy atom. The third-order valence-corrected chi connectivity index (χ3v) is 3.28. The maximum absolute atomic E-state index is 10.6. The first kappa shape index (κ1) is 15.2. The number of aromatic nitrogens is 2. The Bertz CT molecular complexity index is 634. The number of non-ortho nitro benzene ring substituents is 1. The van der Waals surface area contributed by atoms with E-state index in [9.17, 15) is 10.1 Å². The van der Waals surface area contributed by atoms with E-state index in [1.165, 1.54) is 30.6 Å². The van der Waals surface area contributed by atoms with E-state index < -0.39 is 4.92 Å². The van der Waals surface area contributed by atoms with Crippen LogP contribution < -0.4 is 10.1 Å². The van der Waals surface area contributed by atoms with Crippen molar-refractivity contribution in [2.75, 3.05) is 11.9 Å². The summed E-state index contributed by atoms with van der Waals surface area (Å²) < 4.78 is 6.21. The highest BCUT2D eigenvalue weighted by Gasteiger charge is 2.11. The zero-order valence-corrected chi connectivity index (χ0v) is 12.8. The summed E-state index contributed by atoms with van der Waals surface area (Å²) in [6.07, 6.45) is 2.36. The third-order valence-electron chi connectivity index (χ3n) is 2.56. The number of nitro groups is 1. The number of nitrogens with one attached hydrogen (secondary N) is 1. The first-order chi connectivity index (χ1) is 10.1. The molecule has 0 aliphatic rings. The Kier molecular flexibility index (Phi) is 5.04. The molecule has 7 nitrogen and oxygen atoms in total. The molecular weight excluding hydrogens is 340 g/mol. The van der Waals surface area contributed by atoms with Gasteiger partial charge in [0.15, 0.2) is 0 Å². The maximum atomic E-state index is 10.6. The van der Waals surface area contributed by atoms with Crippen LogP contribution in [0.1, 0.15) is 13.3 Å². The van der Waals surface area contributed by atoms with Gasteiger partial charge in [-0.25, -0.2) is 9.97 Å². The quantitative estimate of drug-likeness (QED) is 0.628. The first-order valence-electron chi connectivity index (χ1n) is 6.28. The smallest absolute Gasteiger partial charge is 0.269 e. The van der Waals surface area contributed by atoms with Crippen molar-refractivity contribution in [3.05, 3.63) is 45.2 Å². The van der Waals surface area contributed by atoms with Crippen LogP contribution in [0, 0.1) is 10.1 Å². The van der Waals surface area contributed by atoms with Gasteiger partial charge in [-0.1, -0.05) is 6.92 Å². The molecular formula is C13H13BrN4O3. The van der Waals surface area contributed by atoms with Gasteiger partial charge in [-0.15, -0.1) is 0 Å². The second-order valence-electron chi connectivity index (χ2n) is 4.12. The van der Waals surface area contributed by atoms with Crippen LogP contribution in [-0.2, 0) is 0 Å². The van der Waals surface area contributed by atoms with Gasteiger partial charge in [-0.2, -0.15) is 0 Å². The fourth-order valence-electron chi connectivity index (χ4n) is 1.54. The summed E-state index contributed by atoms with van der Waals surface area (Å²) >= 11 is 3.39. The highest BCUT2D eigenvalue weighted by atomic mass is 79.9. The largest absolute Gasteiger partial charge is 0.438 e. The normalized spacial score (nSPS) is 10.2. The summed E-state index contributed by atoms with van der Waals surface area (Å²) in [4.78, 5) is 18.3. The van der Waals surface area contributed by atoms with E-state index >= 15 is 0 Å². The van der Waals surface area contributed by atoms with Gasteiger partial charge in [0.2, 0.25) is 5.88 Å². The van der Waals surface area contributed by atoms with E-state index in [1.807, 2.05) is 0 Å². The number of hydrogen-bond donors (Lipinski definition) is 1. The minimum Gasteiger partial charge on any atom is -0.438 e. The molecule has 1 N–H and O–H groups in total. The van der Waals surface area contributed by atoms with Crippen LogP contribution in [0.5, 0.6) is 11.6 Å². The molecule has 1 aromatic carbocycles. The van der Waals surface area contributed by atoms with Crippen molar-refractivity contribution < 1.29 is 9.66 Å². The second kappa shape index (κ2) is 6.98. The molecule has 0 bridgehead atoms. The zero-order chi connectivity index (χ0) is 15.2. The Labute approximate surface area is 129 Å². The summed E-state index contributed by atoms with van der Waals surface area (Å²) in [5.74, 6) is 1.45. The van der Waals surface area contributed by atoms with Gasteiger partial charge in [0.05, 0.1) is 4.92 Å². The standard InChI is InChI=1S/C13H13BrN4O3/c1-2-7-15-12-11(14)13(17-8-16-12)21-10-5-3-9(4-6-10)18(19)20/h3-6,8H,2,7H2,1H3,(H,15,16,17). The molecule has 0 saturated heterocycles. The molecule has 1 heterocycles. The minimum atomic E-state index is -0.461. The lowest BCUT2D eigenvalue weighted by molar-refractivity contribution is -0.384. The Morgan fingerprint density at radius 3 is 2.67 bits per heavy atom. The van der Waals surface area contributed by atoms with Crippen LogP contribution in [0.15, 0.2) is 35.1 Å². The monoisotopic (exact) mass is 352 g/mol. The number of rotatable bonds is 6. The molecule has 0 unspecified atom stereocenters. The fraction of sp³-hybridized carbons (Fsp3) is 0.231. The predicted octanol–water partition coefficient (Wildman–Crippen LogP) is 3.76. The van der Waals surface area contributed by atoms with Crippen LogP contribution in [0.4, 0.5) is 11.5 Å². The molecule has 0 aliphatic heterocycles.